The maximum atomic E-state index is 12.8. The zero-order chi connectivity index (χ0) is 17.6. The third-order valence-corrected chi connectivity index (χ3v) is 4.84. The summed E-state index contributed by atoms with van der Waals surface area (Å²) >= 11 is 3.47. The van der Waals surface area contributed by atoms with Crippen molar-refractivity contribution in [2.24, 2.45) is 0 Å². The van der Waals surface area contributed by atoms with Gasteiger partial charge in [0.05, 0.1) is 4.47 Å². The highest BCUT2D eigenvalue weighted by molar-refractivity contribution is 9.10. The van der Waals surface area contributed by atoms with E-state index in [1.165, 1.54) is 5.69 Å². The topological polar surface area (TPSA) is 32.8 Å². The van der Waals surface area contributed by atoms with E-state index in [9.17, 15) is 4.79 Å². The Kier molecular flexibility index (Phi) is 5.76. The highest BCUT2D eigenvalue weighted by Gasteiger charge is 2.22. The summed E-state index contributed by atoms with van der Waals surface area (Å²) in [6.45, 7) is 7.21. The predicted octanol–water partition coefficient (Wildman–Crippen LogP) is 3.98. The van der Waals surface area contributed by atoms with Crippen molar-refractivity contribution in [2.45, 2.75) is 0 Å². The van der Waals surface area contributed by atoms with Crippen molar-refractivity contribution in [2.75, 3.05) is 37.7 Å². The number of hydrogen-bond acceptors (Lipinski definition) is 3. The van der Waals surface area contributed by atoms with E-state index < -0.39 is 0 Å². The first-order valence-corrected chi connectivity index (χ1v) is 9.11. The number of nitrogens with zero attached hydrogens (tertiary/aromatic N) is 2. The average Bonchev–Trinajstić information content (AvgIpc) is 2.67. The molecule has 0 bridgehead atoms. The molecule has 0 atom stereocenters. The summed E-state index contributed by atoms with van der Waals surface area (Å²) in [5, 5.41) is 0. The van der Waals surface area contributed by atoms with Crippen molar-refractivity contribution < 1.29 is 9.53 Å². The highest BCUT2D eigenvalue weighted by Crippen LogP contribution is 2.27. The first kappa shape index (κ1) is 17.5. The summed E-state index contributed by atoms with van der Waals surface area (Å²) in [5.74, 6) is 0.772. The Hall–Kier alpha value is -2.27. The lowest BCUT2D eigenvalue weighted by atomic mass is 10.1. The zero-order valence-electron chi connectivity index (χ0n) is 14.0. The third kappa shape index (κ3) is 4.23. The van der Waals surface area contributed by atoms with E-state index in [0.717, 1.165) is 30.7 Å². The van der Waals surface area contributed by atoms with Gasteiger partial charge in [0.2, 0.25) is 0 Å². The molecule has 1 amide bonds. The molecule has 2 aromatic rings. The molecule has 4 nitrogen and oxygen atoms in total. The van der Waals surface area contributed by atoms with Crippen molar-refractivity contribution in [3.63, 3.8) is 0 Å². The number of halogens is 1. The lowest BCUT2D eigenvalue weighted by Crippen LogP contribution is -2.48. The molecule has 0 saturated carbocycles. The molecular formula is C20H21BrN2O2. The summed E-state index contributed by atoms with van der Waals surface area (Å²) in [4.78, 5) is 17.0. The minimum Gasteiger partial charge on any atom is -0.488 e. The maximum Gasteiger partial charge on any atom is 0.254 e. The molecule has 0 unspecified atom stereocenters. The van der Waals surface area contributed by atoms with Crippen LogP contribution in [0.15, 0.2) is 65.7 Å². The number of hydrogen-bond donors (Lipinski definition) is 0. The van der Waals surface area contributed by atoms with Gasteiger partial charge in [-0.15, -0.1) is 0 Å². The fraction of sp³-hybridized carbons (Fsp3) is 0.250. The maximum absolute atomic E-state index is 12.8. The largest absolute Gasteiger partial charge is 0.488 e. The van der Waals surface area contributed by atoms with Crippen molar-refractivity contribution in [3.8, 4) is 5.75 Å². The van der Waals surface area contributed by atoms with Gasteiger partial charge < -0.3 is 14.5 Å². The molecule has 0 aromatic heterocycles. The molecule has 0 spiro atoms. The number of ether oxygens (including phenoxy) is 1. The van der Waals surface area contributed by atoms with Crippen molar-refractivity contribution in [3.05, 3.63) is 71.2 Å². The molecule has 5 heteroatoms. The Morgan fingerprint density at radius 3 is 2.48 bits per heavy atom. The Balaban J connectivity index is 1.62. The molecule has 2 aromatic carbocycles. The van der Waals surface area contributed by atoms with E-state index in [0.29, 0.717) is 17.9 Å². The minimum atomic E-state index is 0.0590. The van der Waals surface area contributed by atoms with Gasteiger partial charge in [0, 0.05) is 37.4 Å². The van der Waals surface area contributed by atoms with E-state index in [4.69, 9.17) is 4.74 Å². The van der Waals surface area contributed by atoms with Crippen molar-refractivity contribution >= 4 is 27.5 Å². The van der Waals surface area contributed by atoms with Crippen LogP contribution in [0.25, 0.3) is 0 Å². The van der Waals surface area contributed by atoms with E-state index >= 15 is 0 Å². The summed E-state index contributed by atoms with van der Waals surface area (Å²) in [6, 6.07) is 15.8. The van der Waals surface area contributed by atoms with Crippen LogP contribution < -0.4 is 9.64 Å². The molecule has 1 heterocycles. The quantitative estimate of drug-likeness (QED) is 0.711. The zero-order valence-corrected chi connectivity index (χ0v) is 15.6. The number of piperazine rings is 1. The van der Waals surface area contributed by atoms with Gasteiger partial charge in [-0.1, -0.05) is 30.9 Å². The molecular weight excluding hydrogens is 380 g/mol. The minimum absolute atomic E-state index is 0.0590. The van der Waals surface area contributed by atoms with Crippen LogP contribution in [0.5, 0.6) is 5.75 Å². The second kappa shape index (κ2) is 8.21. The summed E-state index contributed by atoms with van der Waals surface area (Å²) < 4.78 is 6.31. The molecule has 0 radical (unpaired) electrons. The summed E-state index contributed by atoms with van der Waals surface area (Å²) in [5.41, 5.74) is 1.88. The standard InChI is InChI=1S/C20H21BrN2O2/c1-2-14-25-19-9-8-16(15-18(19)21)20(24)23-12-10-22(11-13-23)17-6-4-3-5-7-17/h2-9,15H,1,10-14H2. The average molecular weight is 401 g/mol. The highest BCUT2D eigenvalue weighted by atomic mass is 79.9. The van der Waals surface area contributed by atoms with Gasteiger partial charge in [-0.25, -0.2) is 0 Å². The second-order valence-corrected chi connectivity index (χ2v) is 6.71. The van der Waals surface area contributed by atoms with Crippen LogP contribution in [-0.4, -0.2) is 43.6 Å². The van der Waals surface area contributed by atoms with Gasteiger partial charge in [0.1, 0.15) is 12.4 Å². The van der Waals surface area contributed by atoms with Gasteiger partial charge in [-0.2, -0.15) is 0 Å². The fourth-order valence-corrected chi connectivity index (χ4v) is 3.38. The Morgan fingerprint density at radius 1 is 1.12 bits per heavy atom. The molecule has 0 aliphatic carbocycles. The van der Waals surface area contributed by atoms with Crippen LogP contribution in [-0.2, 0) is 0 Å². The normalized spacial score (nSPS) is 14.3. The fourth-order valence-electron chi connectivity index (χ4n) is 2.89. The van der Waals surface area contributed by atoms with Crippen LogP contribution >= 0.6 is 15.9 Å². The number of rotatable bonds is 5. The first-order valence-electron chi connectivity index (χ1n) is 8.31. The molecule has 1 saturated heterocycles. The van der Waals surface area contributed by atoms with Crippen molar-refractivity contribution in [1.82, 2.24) is 4.90 Å². The van der Waals surface area contributed by atoms with Gasteiger partial charge in [-0.05, 0) is 46.3 Å². The lowest BCUT2D eigenvalue weighted by Gasteiger charge is -2.36. The molecule has 25 heavy (non-hydrogen) atoms. The Bertz CT molecular complexity index is 741. The van der Waals surface area contributed by atoms with Gasteiger partial charge in [0.25, 0.3) is 5.91 Å². The predicted molar refractivity (Wildman–Crippen MR) is 104 cm³/mol. The van der Waals surface area contributed by atoms with Crippen LogP contribution in [0, 0.1) is 0 Å². The van der Waals surface area contributed by atoms with Gasteiger partial charge >= 0.3 is 0 Å². The van der Waals surface area contributed by atoms with Crippen LogP contribution in [0.2, 0.25) is 0 Å². The molecule has 1 aliphatic rings. The number of para-hydroxylation sites is 1. The van der Waals surface area contributed by atoms with Gasteiger partial charge in [-0.3, -0.25) is 4.79 Å². The summed E-state index contributed by atoms with van der Waals surface area (Å²) in [6.07, 6.45) is 1.69. The van der Waals surface area contributed by atoms with Gasteiger partial charge in [0.15, 0.2) is 0 Å². The number of anilines is 1. The number of amides is 1. The first-order chi connectivity index (χ1) is 12.2. The SMILES string of the molecule is C=CCOc1ccc(C(=O)N2CCN(c3ccccc3)CC2)cc1Br. The van der Waals surface area contributed by atoms with Crippen LogP contribution in [0.4, 0.5) is 5.69 Å². The monoisotopic (exact) mass is 400 g/mol. The smallest absolute Gasteiger partial charge is 0.254 e. The molecule has 130 valence electrons. The third-order valence-electron chi connectivity index (χ3n) is 4.22. The van der Waals surface area contributed by atoms with E-state index in [1.54, 1.807) is 6.08 Å². The summed E-state index contributed by atoms with van der Waals surface area (Å²) in [7, 11) is 0. The van der Waals surface area contributed by atoms with Crippen molar-refractivity contribution in [1.29, 1.82) is 0 Å². The number of carbonyl (C=O) groups excluding carboxylic acids is 1. The lowest BCUT2D eigenvalue weighted by molar-refractivity contribution is 0.0746. The van der Waals surface area contributed by atoms with Crippen LogP contribution in [0.1, 0.15) is 10.4 Å². The number of benzene rings is 2. The number of carbonyl (C=O) groups is 1. The Morgan fingerprint density at radius 2 is 1.84 bits per heavy atom. The van der Waals surface area contributed by atoms with Crippen LogP contribution in [0.3, 0.4) is 0 Å². The van der Waals surface area contributed by atoms with E-state index in [-0.39, 0.29) is 5.91 Å². The molecule has 1 aliphatic heterocycles. The van der Waals surface area contributed by atoms with E-state index in [1.807, 2.05) is 41.3 Å². The molecule has 3 rings (SSSR count). The molecule has 0 N–H and O–H groups in total. The second-order valence-electron chi connectivity index (χ2n) is 5.86. The Labute approximate surface area is 156 Å². The molecule has 1 fully saturated rings. The van der Waals surface area contributed by atoms with E-state index in [2.05, 4.69) is 39.5 Å².